The molecule has 0 saturated heterocycles. The number of sulfone groups is 1. The van der Waals surface area contributed by atoms with E-state index in [2.05, 4.69) is 5.32 Å². The molecule has 4 nitrogen and oxygen atoms in total. The van der Waals surface area contributed by atoms with Gasteiger partial charge in [-0.1, -0.05) is 13.0 Å². The van der Waals surface area contributed by atoms with Gasteiger partial charge >= 0.3 is 0 Å². The first-order valence-corrected chi connectivity index (χ1v) is 8.30. The molecule has 1 aromatic carbocycles. The van der Waals surface area contributed by atoms with E-state index in [4.69, 9.17) is 4.74 Å². The standard InChI is InChI=1S/C14H23NO3S/c1-5-8-19(16,17)10-13-9-12(11(2)15-3)6-7-14(13)18-4/h6-7,9,11,15H,5,8,10H2,1-4H3. The summed E-state index contributed by atoms with van der Waals surface area (Å²) in [5.41, 5.74) is 1.79. The number of nitrogens with one attached hydrogen (secondary N) is 1. The quantitative estimate of drug-likeness (QED) is 0.835. The predicted octanol–water partition coefficient (Wildman–Crippen LogP) is 2.30. The number of ether oxygens (including phenoxy) is 1. The lowest BCUT2D eigenvalue weighted by Crippen LogP contribution is -2.14. The second-order valence-corrected chi connectivity index (χ2v) is 6.86. The van der Waals surface area contributed by atoms with Crippen LogP contribution in [0.15, 0.2) is 18.2 Å². The van der Waals surface area contributed by atoms with Gasteiger partial charge < -0.3 is 10.1 Å². The molecule has 1 atom stereocenters. The molecule has 0 aliphatic heterocycles. The molecule has 1 aromatic rings. The zero-order valence-corrected chi connectivity index (χ0v) is 12.9. The van der Waals surface area contributed by atoms with Crippen molar-refractivity contribution in [3.63, 3.8) is 0 Å². The van der Waals surface area contributed by atoms with Gasteiger partial charge in [0.15, 0.2) is 9.84 Å². The fourth-order valence-electron chi connectivity index (χ4n) is 1.97. The van der Waals surface area contributed by atoms with Gasteiger partial charge in [0.1, 0.15) is 5.75 Å². The molecule has 0 saturated carbocycles. The van der Waals surface area contributed by atoms with E-state index in [9.17, 15) is 8.42 Å². The van der Waals surface area contributed by atoms with Crippen LogP contribution in [-0.4, -0.2) is 28.3 Å². The van der Waals surface area contributed by atoms with E-state index >= 15 is 0 Å². The van der Waals surface area contributed by atoms with Gasteiger partial charge in [-0.2, -0.15) is 0 Å². The van der Waals surface area contributed by atoms with Gasteiger partial charge in [-0.3, -0.25) is 0 Å². The van der Waals surface area contributed by atoms with E-state index in [1.165, 1.54) is 0 Å². The van der Waals surface area contributed by atoms with Crippen molar-refractivity contribution in [1.82, 2.24) is 5.32 Å². The summed E-state index contributed by atoms with van der Waals surface area (Å²) in [7, 11) is 0.372. The van der Waals surface area contributed by atoms with E-state index in [0.717, 1.165) is 11.1 Å². The third-order valence-electron chi connectivity index (χ3n) is 3.13. The van der Waals surface area contributed by atoms with E-state index in [-0.39, 0.29) is 17.5 Å². The lowest BCUT2D eigenvalue weighted by atomic mass is 10.1. The molecule has 0 radical (unpaired) electrons. The van der Waals surface area contributed by atoms with Crippen LogP contribution in [0.25, 0.3) is 0 Å². The van der Waals surface area contributed by atoms with Gasteiger partial charge in [-0.05, 0) is 38.1 Å². The SMILES string of the molecule is CCCS(=O)(=O)Cc1cc(C(C)NC)ccc1OC. The molecule has 19 heavy (non-hydrogen) atoms. The van der Waals surface area contributed by atoms with Crippen molar-refractivity contribution < 1.29 is 13.2 Å². The van der Waals surface area contributed by atoms with Crippen LogP contribution in [-0.2, 0) is 15.6 Å². The molecule has 1 rings (SSSR count). The van der Waals surface area contributed by atoms with Gasteiger partial charge in [0.05, 0.1) is 18.6 Å². The first-order chi connectivity index (χ1) is 8.93. The number of hydrogen-bond donors (Lipinski definition) is 1. The molecule has 0 aliphatic carbocycles. The fourth-order valence-corrected chi connectivity index (χ4v) is 3.43. The van der Waals surface area contributed by atoms with Crippen LogP contribution in [0.3, 0.4) is 0 Å². The Hall–Kier alpha value is -1.07. The van der Waals surface area contributed by atoms with Gasteiger partial charge in [0, 0.05) is 11.6 Å². The van der Waals surface area contributed by atoms with Crippen molar-refractivity contribution >= 4 is 9.84 Å². The highest BCUT2D eigenvalue weighted by Crippen LogP contribution is 2.25. The fraction of sp³-hybridized carbons (Fsp3) is 0.571. The third-order valence-corrected chi connectivity index (χ3v) is 4.91. The highest BCUT2D eigenvalue weighted by molar-refractivity contribution is 7.90. The van der Waals surface area contributed by atoms with E-state index in [0.29, 0.717) is 12.2 Å². The average Bonchev–Trinajstić information content (AvgIpc) is 2.37. The first-order valence-electron chi connectivity index (χ1n) is 6.48. The molecule has 1 unspecified atom stereocenters. The molecular formula is C14H23NO3S. The van der Waals surface area contributed by atoms with Crippen LogP contribution >= 0.6 is 0 Å². The Kier molecular flexibility index (Phi) is 5.82. The summed E-state index contributed by atoms with van der Waals surface area (Å²) in [4.78, 5) is 0. The first kappa shape index (κ1) is 16.0. The van der Waals surface area contributed by atoms with Crippen LogP contribution in [0, 0.1) is 0 Å². The molecule has 0 aliphatic rings. The summed E-state index contributed by atoms with van der Waals surface area (Å²) in [5.74, 6) is 0.878. The maximum atomic E-state index is 11.9. The van der Waals surface area contributed by atoms with Crippen molar-refractivity contribution in [3.8, 4) is 5.75 Å². The Morgan fingerprint density at radius 3 is 2.58 bits per heavy atom. The highest BCUT2D eigenvalue weighted by Gasteiger charge is 2.16. The van der Waals surface area contributed by atoms with Gasteiger partial charge in [0.25, 0.3) is 0 Å². The molecule has 0 fully saturated rings. The zero-order valence-electron chi connectivity index (χ0n) is 12.1. The van der Waals surface area contributed by atoms with Crippen LogP contribution in [0.4, 0.5) is 0 Å². The molecule has 0 spiro atoms. The third kappa shape index (κ3) is 4.51. The normalized spacial score (nSPS) is 13.3. The van der Waals surface area contributed by atoms with Crippen molar-refractivity contribution in [2.24, 2.45) is 0 Å². The Morgan fingerprint density at radius 2 is 2.05 bits per heavy atom. The summed E-state index contributed by atoms with van der Waals surface area (Å²) in [6.45, 7) is 3.90. The molecule has 108 valence electrons. The molecule has 0 amide bonds. The Morgan fingerprint density at radius 1 is 1.37 bits per heavy atom. The number of hydrogen-bond acceptors (Lipinski definition) is 4. The summed E-state index contributed by atoms with van der Waals surface area (Å²) in [6, 6.07) is 5.88. The topological polar surface area (TPSA) is 55.4 Å². The Bertz CT molecular complexity index is 511. The number of benzene rings is 1. The monoisotopic (exact) mass is 285 g/mol. The van der Waals surface area contributed by atoms with Gasteiger partial charge in [0.2, 0.25) is 0 Å². The van der Waals surface area contributed by atoms with E-state index in [1.807, 2.05) is 39.1 Å². The second kappa shape index (κ2) is 6.91. The largest absolute Gasteiger partial charge is 0.496 e. The molecule has 1 N–H and O–H groups in total. The molecule has 0 heterocycles. The second-order valence-electron chi connectivity index (χ2n) is 4.67. The van der Waals surface area contributed by atoms with Gasteiger partial charge in [-0.15, -0.1) is 0 Å². The zero-order chi connectivity index (χ0) is 14.5. The summed E-state index contributed by atoms with van der Waals surface area (Å²) in [6.07, 6.45) is 0.636. The Balaban J connectivity index is 3.09. The number of methoxy groups -OCH3 is 1. The minimum absolute atomic E-state index is 0.0360. The van der Waals surface area contributed by atoms with Crippen LogP contribution < -0.4 is 10.1 Å². The summed E-state index contributed by atoms with van der Waals surface area (Å²) < 4.78 is 29.1. The summed E-state index contributed by atoms with van der Waals surface area (Å²) >= 11 is 0. The Labute approximate surface area is 116 Å². The predicted molar refractivity (Wildman–Crippen MR) is 78.3 cm³/mol. The lowest BCUT2D eigenvalue weighted by molar-refractivity contribution is 0.410. The molecular weight excluding hydrogens is 262 g/mol. The van der Waals surface area contributed by atoms with Crippen LogP contribution in [0.1, 0.15) is 37.4 Å². The van der Waals surface area contributed by atoms with Gasteiger partial charge in [-0.25, -0.2) is 8.42 Å². The summed E-state index contributed by atoms with van der Waals surface area (Å²) in [5, 5.41) is 3.14. The van der Waals surface area contributed by atoms with Crippen LogP contribution in [0.5, 0.6) is 5.75 Å². The molecule has 0 aromatic heterocycles. The minimum atomic E-state index is -3.07. The van der Waals surface area contributed by atoms with E-state index in [1.54, 1.807) is 7.11 Å². The van der Waals surface area contributed by atoms with E-state index < -0.39 is 9.84 Å². The number of rotatable bonds is 7. The average molecular weight is 285 g/mol. The maximum absolute atomic E-state index is 11.9. The molecule has 0 bridgehead atoms. The maximum Gasteiger partial charge on any atom is 0.154 e. The van der Waals surface area contributed by atoms with Crippen LogP contribution in [0.2, 0.25) is 0 Å². The van der Waals surface area contributed by atoms with Crippen molar-refractivity contribution in [3.05, 3.63) is 29.3 Å². The molecule has 5 heteroatoms. The van der Waals surface area contributed by atoms with Crippen molar-refractivity contribution in [2.45, 2.75) is 32.1 Å². The van der Waals surface area contributed by atoms with Crippen molar-refractivity contribution in [1.29, 1.82) is 0 Å². The lowest BCUT2D eigenvalue weighted by Gasteiger charge is -2.15. The van der Waals surface area contributed by atoms with Crippen molar-refractivity contribution in [2.75, 3.05) is 19.9 Å². The highest BCUT2D eigenvalue weighted by atomic mass is 32.2. The minimum Gasteiger partial charge on any atom is -0.496 e. The smallest absolute Gasteiger partial charge is 0.154 e.